The van der Waals surface area contributed by atoms with Crippen molar-refractivity contribution in [1.29, 1.82) is 5.26 Å². The third-order valence-corrected chi connectivity index (χ3v) is 6.93. The second-order valence-corrected chi connectivity index (χ2v) is 9.03. The molecule has 3 aromatic heterocycles. The molecule has 4 rings (SSSR count). The summed E-state index contributed by atoms with van der Waals surface area (Å²) in [5, 5.41) is 14.5. The summed E-state index contributed by atoms with van der Waals surface area (Å²) in [6, 6.07) is 4.01. The van der Waals surface area contributed by atoms with E-state index in [-0.39, 0.29) is 25.3 Å². The van der Waals surface area contributed by atoms with Crippen LogP contribution in [0.1, 0.15) is 13.3 Å². The highest BCUT2D eigenvalue weighted by atomic mass is 32.2. The minimum Gasteiger partial charge on any atom is -0.346 e. The van der Waals surface area contributed by atoms with E-state index in [0.29, 0.717) is 11.3 Å². The second kappa shape index (κ2) is 6.44. The molecular weight excluding hydrogens is 378 g/mol. The maximum absolute atomic E-state index is 12.1. The van der Waals surface area contributed by atoms with E-state index >= 15 is 0 Å². The Balaban J connectivity index is 1.75. The monoisotopic (exact) mass is 395 g/mol. The number of sulfonamides is 1. The summed E-state index contributed by atoms with van der Waals surface area (Å²) < 4.78 is 27.3. The number of aromatic nitrogens is 4. The summed E-state index contributed by atoms with van der Waals surface area (Å²) in [6.07, 6.45) is 6.85. The standard InChI is InChI=1S/C18H17N7O2S/c1-3-28(26,27)24-11-18(12-24,5-6-19)25-10-13(8-23-25)16-14-4-7-21-17(14)22-9-15(16)20-2/h4,7-10H,3,5,11-12H2,1H3,(H,21,22). The Morgan fingerprint density at radius 3 is 2.89 bits per heavy atom. The lowest BCUT2D eigenvalue weighted by Crippen LogP contribution is -2.64. The summed E-state index contributed by atoms with van der Waals surface area (Å²) in [6.45, 7) is 9.48. The third-order valence-electron chi connectivity index (χ3n) is 5.15. The zero-order chi connectivity index (χ0) is 19.9. The molecule has 3 aromatic rings. The van der Waals surface area contributed by atoms with Crippen LogP contribution < -0.4 is 0 Å². The largest absolute Gasteiger partial charge is 0.346 e. The zero-order valence-corrected chi connectivity index (χ0v) is 15.9. The van der Waals surface area contributed by atoms with Gasteiger partial charge in [0, 0.05) is 48.2 Å². The molecule has 0 bridgehead atoms. The Kier molecular flexibility index (Phi) is 4.18. The van der Waals surface area contributed by atoms with Crippen LogP contribution in [0.25, 0.3) is 27.0 Å². The molecule has 0 saturated carbocycles. The number of nitriles is 1. The lowest BCUT2D eigenvalue weighted by Gasteiger charge is -2.47. The van der Waals surface area contributed by atoms with E-state index in [2.05, 4.69) is 26.0 Å². The summed E-state index contributed by atoms with van der Waals surface area (Å²) in [5.74, 6) is 0.0246. The van der Waals surface area contributed by atoms with Crippen LogP contribution in [0, 0.1) is 17.9 Å². The summed E-state index contributed by atoms with van der Waals surface area (Å²) in [5.41, 5.74) is 1.83. The Morgan fingerprint density at radius 1 is 1.43 bits per heavy atom. The van der Waals surface area contributed by atoms with Crippen molar-refractivity contribution in [2.75, 3.05) is 18.8 Å². The van der Waals surface area contributed by atoms with Crippen molar-refractivity contribution in [2.24, 2.45) is 0 Å². The molecule has 0 atom stereocenters. The van der Waals surface area contributed by atoms with Crippen molar-refractivity contribution >= 4 is 26.7 Å². The van der Waals surface area contributed by atoms with E-state index < -0.39 is 15.6 Å². The predicted molar refractivity (Wildman–Crippen MR) is 103 cm³/mol. The molecule has 1 aliphatic heterocycles. The van der Waals surface area contributed by atoms with Gasteiger partial charge in [-0.25, -0.2) is 13.3 Å². The second-order valence-electron chi connectivity index (χ2n) is 6.77. The highest BCUT2D eigenvalue weighted by Gasteiger charge is 2.49. The minimum absolute atomic E-state index is 0.0246. The van der Waals surface area contributed by atoms with Gasteiger partial charge < -0.3 is 4.98 Å². The van der Waals surface area contributed by atoms with Gasteiger partial charge in [-0.3, -0.25) is 9.67 Å². The molecule has 1 N–H and O–H groups in total. The van der Waals surface area contributed by atoms with Gasteiger partial charge in [-0.05, 0) is 13.0 Å². The molecule has 0 unspecified atom stereocenters. The van der Waals surface area contributed by atoms with Crippen molar-refractivity contribution in [3.8, 4) is 17.2 Å². The van der Waals surface area contributed by atoms with Gasteiger partial charge in [0.1, 0.15) is 11.2 Å². The third kappa shape index (κ3) is 2.66. The average molecular weight is 395 g/mol. The maximum atomic E-state index is 12.1. The molecule has 0 spiro atoms. The van der Waals surface area contributed by atoms with E-state index in [9.17, 15) is 13.7 Å². The van der Waals surface area contributed by atoms with Crippen molar-refractivity contribution in [1.82, 2.24) is 24.1 Å². The molecule has 0 radical (unpaired) electrons. The van der Waals surface area contributed by atoms with Crippen molar-refractivity contribution < 1.29 is 8.42 Å². The first-order valence-electron chi connectivity index (χ1n) is 8.68. The Hall–Kier alpha value is -3.21. The van der Waals surface area contributed by atoms with Crippen LogP contribution in [0.15, 0.2) is 30.9 Å². The van der Waals surface area contributed by atoms with Gasteiger partial charge in [0.05, 0.1) is 31.0 Å². The highest BCUT2D eigenvalue weighted by molar-refractivity contribution is 7.89. The zero-order valence-electron chi connectivity index (χ0n) is 15.1. The van der Waals surface area contributed by atoms with Gasteiger partial charge in [-0.15, -0.1) is 0 Å². The fraction of sp³-hybridized carbons (Fsp3) is 0.333. The topological polar surface area (TPSA) is 112 Å². The van der Waals surface area contributed by atoms with Crippen LogP contribution in [0.2, 0.25) is 0 Å². The van der Waals surface area contributed by atoms with E-state index in [1.165, 1.54) is 10.5 Å². The number of pyridine rings is 1. The first kappa shape index (κ1) is 18.2. The number of nitrogens with one attached hydrogen (secondary N) is 1. The van der Waals surface area contributed by atoms with Crippen molar-refractivity contribution in [3.63, 3.8) is 0 Å². The average Bonchev–Trinajstić information content (AvgIpc) is 3.32. The Morgan fingerprint density at radius 2 is 2.21 bits per heavy atom. The Bertz CT molecular complexity index is 1240. The van der Waals surface area contributed by atoms with Gasteiger partial charge in [-0.2, -0.15) is 14.7 Å². The van der Waals surface area contributed by atoms with Crippen molar-refractivity contribution in [3.05, 3.63) is 42.3 Å². The molecule has 0 aromatic carbocycles. The number of nitrogens with zero attached hydrogens (tertiary/aromatic N) is 6. The smallest absolute Gasteiger partial charge is 0.213 e. The minimum atomic E-state index is -3.31. The lowest BCUT2D eigenvalue weighted by molar-refractivity contribution is 0.0719. The van der Waals surface area contributed by atoms with Gasteiger partial charge in [0.25, 0.3) is 0 Å². The molecule has 4 heterocycles. The quantitative estimate of drug-likeness (QED) is 0.666. The van der Waals surface area contributed by atoms with E-state index in [1.807, 2.05) is 6.07 Å². The molecule has 1 aliphatic rings. The molecule has 0 amide bonds. The lowest BCUT2D eigenvalue weighted by atomic mass is 9.89. The molecule has 1 fully saturated rings. The summed E-state index contributed by atoms with van der Waals surface area (Å²) >= 11 is 0. The predicted octanol–water partition coefficient (Wildman–Crippen LogP) is 2.25. The van der Waals surface area contributed by atoms with E-state index in [4.69, 9.17) is 6.57 Å². The van der Waals surface area contributed by atoms with Crippen LogP contribution in [0.3, 0.4) is 0 Å². The SMILES string of the molecule is [C-]#[N+]c1cnc2[nH]ccc2c1-c1cnn(C2(CC#N)CN(S(=O)(=O)CC)C2)c1. The van der Waals surface area contributed by atoms with Crippen LogP contribution in [0.4, 0.5) is 5.69 Å². The molecule has 28 heavy (non-hydrogen) atoms. The van der Waals surface area contributed by atoms with Crippen LogP contribution >= 0.6 is 0 Å². The van der Waals surface area contributed by atoms with Crippen molar-refractivity contribution in [2.45, 2.75) is 18.9 Å². The highest BCUT2D eigenvalue weighted by Crippen LogP contribution is 2.39. The molecule has 142 valence electrons. The number of aromatic amines is 1. The maximum Gasteiger partial charge on any atom is 0.213 e. The first-order valence-corrected chi connectivity index (χ1v) is 10.3. The first-order chi connectivity index (χ1) is 13.4. The van der Waals surface area contributed by atoms with Crippen LogP contribution in [0.5, 0.6) is 0 Å². The number of hydrogen-bond donors (Lipinski definition) is 1. The van der Waals surface area contributed by atoms with E-state index in [1.54, 1.807) is 30.2 Å². The molecule has 10 heteroatoms. The molecule has 9 nitrogen and oxygen atoms in total. The fourth-order valence-corrected chi connectivity index (χ4v) is 4.81. The summed E-state index contributed by atoms with van der Waals surface area (Å²) in [7, 11) is -3.31. The van der Waals surface area contributed by atoms with E-state index in [0.717, 1.165) is 16.5 Å². The van der Waals surface area contributed by atoms with Gasteiger partial charge in [0.15, 0.2) is 0 Å². The number of fused-ring (bicyclic) bond motifs is 1. The number of H-pyrrole nitrogens is 1. The van der Waals surface area contributed by atoms with Crippen LogP contribution in [-0.2, 0) is 15.6 Å². The number of hydrogen-bond acceptors (Lipinski definition) is 5. The fourth-order valence-electron chi connectivity index (χ4n) is 3.57. The summed E-state index contributed by atoms with van der Waals surface area (Å²) in [4.78, 5) is 10.8. The van der Waals surface area contributed by atoms with Gasteiger partial charge in [0.2, 0.25) is 15.7 Å². The Labute approximate surface area is 162 Å². The molecular formula is C18H17N7O2S. The van der Waals surface area contributed by atoms with Gasteiger partial charge in [-0.1, -0.05) is 0 Å². The normalized spacial score (nSPS) is 16.4. The molecule has 0 aliphatic carbocycles. The van der Waals surface area contributed by atoms with Gasteiger partial charge >= 0.3 is 0 Å². The number of rotatable bonds is 5. The molecule has 1 saturated heterocycles. The van der Waals surface area contributed by atoms with Crippen LogP contribution in [-0.4, -0.2) is 51.3 Å².